The Balaban J connectivity index is 2.35. The van der Waals surface area contributed by atoms with Gasteiger partial charge in [-0.15, -0.1) is 0 Å². The van der Waals surface area contributed by atoms with E-state index in [0.717, 1.165) is 4.31 Å². The number of carbonyl (C=O) groups excluding carboxylic acids is 1. The molecule has 0 fully saturated rings. The number of rotatable bonds is 6. The Morgan fingerprint density at radius 3 is 2.18 bits per heavy atom. The number of carboxylic acid groups (broad SMARTS) is 1. The van der Waals surface area contributed by atoms with Gasteiger partial charge in [0.15, 0.2) is 0 Å². The van der Waals surface area contributed by atoms with E-state index in [-0.39, 0.29) is 11.4 Å². The van der Waals surface area contributed by atoms with E-state index in [9.17, 15) is 18.3 Å². The molecule has 0 aliphatic carbocycles. The van der Waals surface area contributed by atoms with Crippen LogP contribution in [0.4, 0.5) is 0 Å². The fraction of sp³-hybridized carbons (Fsp3) is 0.133. The number of benzene rings is 2. The Labute approximate surface area is 133 Å². The molecule has 0 spiro atoms. The number of carbonyl (C=O) groups is 1. The van der Waals surface area contributed by atoms with Gasteiger partial charge >= 0.3 is 0 Å². The number of nitrogens with zero attached hydrogens (tertiary/aromatic N) is 1. The third-order valence-corrected chi connectivity index (χ3v) is 5.02. The van der Waals surface area contributed by atoms with Crippen LogP contribution in [0.3, 0.4) is 0 Å². The lowest BCUT2D eigenvalue weighted by molar-refractivity contribution is -0.305. The SMILES string of the molecule is O=C([O-])CN(Cc1ccccc1)S(=O)(=O)c1ccc(Cl)cc1. The Kier molecular flexibility index (Phi) is 5.18. The number of carboxylic acids is 1. The molecule has 2 rings (SSSR count). The van der Waals surface area contributed by atoms with Crippen molar-refractivity contribution < 1.29 is 18.3 Å². The summed E-state index contributed by atoms with van der Waals surface area (Å²) in [7, 11) is -3.96. The molecule has 2 aromatic rings. The summed E-state index contributed by atoms with van der Waals surface area (Å²) < 4.78 is 26.0. The average Bonchev–Trinajstić information content (AvgIpc) is 2.47. The maximum absolute atomic E-state index is 12.6. The van der Waals surface area contributed by atoms with Crippen molar-refractivity contribution in [2.24, 2.45) is 0 Å². The lowest BCUT2D eigenvalue weighted by atomic mass is 10.2. The first-order chi connectivity index (χ1) is 10.4. The van der Waals surface area contributed by atoms with Gasteiger partial charge in [0.2, 0.25) is 10.0 Å². The lowest BCUT2D eigenvalue weighted by Gasteiger charge is -2.22. The summed E-state index contributed by atoms with van der Waals surface area (Å²) >= 11 is 5.74. The molecule has 7 heteroatoms. The zero-order chi connectivity index (χ0) is 16.2. The molecule has 0 N–H and O–H groups in total. The van der Waals surface area contributed by atoms with E-state index >= 15 is 0 Å². The Bertz CT molecular complexity index is 745. The molecular formula is C15H13ClNO4S-. The number of halogens is 1. The van der Waals surface area contributed by atoms with Gasteiger partial charge < -0.3 is 9.90 Å². The predicted octanol–water partition coefficient (Wildman–Crippen LogP) is 1.28. The van der Waals surface area contributed by atoms with Crippen LogP contribution in [-0.4, -0.2) is 25.2 Å². The molecule has 0 saturated carbocycles. The molecule has 116 valence electrons. The van der Waals surface area contributed by atoms with Gasteiger partial charge in [0.25, 0.3) is 0 Å². The minimum atomic E-state index is -3.96. The van der Waals surface area contributed by atoms with Gasteiger partial charge in [-0.3, -0.25) is 0 Å². The molecule has 0 saturated heterocycles. The molecule has 0 heterocycles. The van der Waals surface area contributed by atoms with E-state index in [1.165, 1.54) is 24.3 Å². The highest BCUT2D eigenvalue weighted by Gasteiger charge is 2.24. The first-order valence-corrected chi connectivity index (χ1v) is 8.21. The van der Waals surface area contributed by atoms with E-state index in [1.54, 1.807) is 30.3 Å². The summed E-state index contributed by atoms with van der Waals surface area (Å²) in [5.74, 6) is -1.46. The largest absolute Gasteiger partial charge is 0.549 e. The van der Waals surface area contributed by atoms with Crippen LogP contribution in [0.1, 0.15) is 5.56 Å². The highest BCUT2D eigenvalue weighted by molar-refractivity contribution is 7.89. The molecule has 0 aromatic heterocycles. The van der Waals surface area contributed by atoms with Gasteiger partial charge in [0.1, 0.15) is 0 Å². The molecule has 0 amide bonds. The highest BCUT2D eigenvalue weighted by atomic mass is 35.5. The Morgan fingerprint density at radius 2 is 1.64 bits per heavy atom. The fourth-order valence-corrected chi connectivity index (χ4v) is 3.41. The van der Waals surface area contributed by atoms with Gasteiger partial charge in [-0.25, -0.2) is 8.42 Å². The maximum Gasteiger partial charge on any atom is 0.243 e. The molecule has 5 nitrogen and oxygen atoms in total. The minimum Gasteiger partial charge on any atom is -0.549 e. The van der Waals surface area contributed by atoms with Crippen molar-refractivity contribution in [2.75, 3.05) is 6.54 Å². The van der Waals surface area contributed by atoms with Crippen molar-refractivity contribution in [3.8, 4) is 0 Å². The third-order valence-electron chi connectivity index (χ3n) is 2.96. The van der Waals surface area contributed by atoms with Crippen molar-refractivity contribution in [1.82, 2.24) is 4.31 Å². The molecule has 0 radical (unpaired) electrons. The van der Waals surface area contributed by atoms with Crippen LogP contribution in [0.5, 0.6) is 0 Å². The first kappa shape index (κ1) is 16.5. The summed E-state index contributed by atoms with van der Waals surface area (Å²) in [5, 5.41) is 11.3. The van der Waals surface area contributed by atoms with Crippen LogP contribution in [-0.2, 0) is 21.4 Å². The zero-order valence-electron chi connectivity index (χ0n) is 11.5. The number of sulfonamides is 1. The van der Waals surface area contributed by atoms with E-state index in [0.29, 0.717) is 10.6 Å². The summed E-state index contributed by atoms with van der Waals surface area (Å²) in [6.45, 7) is -0.778. The zero-order valence-corrected chi connectivity index (χ0v) is 13.0. The molecule has 22 heavy (non-hydrogen) atoms. The van der Waals surface area contributed by atoms with E-state index in [1.807, 2.05) is 0 Å². The highest BCUT2D eigenvalue weighted by Crippen LogP contribution is 2.20. The normalized spacial score (nSPS) is 11.5. The topological polar surface area (TPSA) is 77.5 Å². The molecule has 0 aliphatic rings. The molecule has 0 atom stereocenters. The van der Waals surface area contributed by atoms with Crippen LogP contribution in [0.15, 0.2) is 59.5 Å². The van der Waals surface area contributed by atoms with Crippen LogP contribution < -0.4 is 5.11 Å². The summed E-state index contributed by atoms with van der Waals surface area (Å²) in [6.07, 6.45) is 0. The van der Waals surface area contributed by atoms with E-state index in [4.69, 9.17) is 11.6 Å². The second-order valence-corrected chi connectivity index (χ2v) is 6.96. The summed E-state index contributed by atoms with van der Waals surface area (Å²) in [5.41, 5.74) is 0.682. The summed E-state index contributed by atoms with van der Waals surface area (Å²) in [6, 6.07) is 14.3. The van der Waals surface area contributed by atoms with Gasteiger partial charge in [0, 0.05) is 11.6 Å². The molecule has 0 bridgehead atoms. The van der Waals surface area contributed by atoms with Crippen molar-refractivity contribution in [3.63, 3.8) is 0 Å². The first-order valence-electron chi connectivity index (χ1n) is 6.39. The fourth-order valence-electron chi connectivity index (χ4n) is 1.91. The van der Waals surface area contributed by atoms with Crippen molar-refractivity contribution in [2.45, 2.75) is 11.4 Å². The molecule has 2 aromatic carbocycles. The van der Waals surface area contributed by atoms with Crippen LogP contribution in [0.2, 0.25) is 5.02 Å². The molecular weight excluding hydrogens is 326 g/mol. The van der Waals surface area contributed by atoms with Crippen molar-refractivity contribution in [1.29, 1.82) is 0 Å². The van der Waals surface area contributed by atoms with Gasteiger partial charge in [-0.05, 0) is 29.8 Å². The van der Waals surface area contributed by atoms with Crippen molar-refractivity contribution in [3.05, 3.63) is 65.2 Å². The minimum absolute atomic E-state index is 0.0194. The van der Waals surface area contributed by atoms with E-state index in [2.05, 4.69) is 0 Å². The Morgan fingerprint density at radius 1 is 1.05 bits per heavy atom. The van der Waals surface area contributed by atoms with Crippen LogP contribution in [0, 0.1) is 0 Å². The second-order valence-electron chi connectivity index (χ2n) is 4.58. The van der Waals surface area contributed by atoms with E-state index < -0.39 is 22.5 Å². The standard InChI is InChI=1S/C15H14ClNO4S/c16-13-6-8-14(9-7-13)22(20,21)17(11-15(18)19)10-12-4-2-1-3-5-12/h1-9H,10-11H2,(H,18,19)/p-1. The summed E-state index contributed by atoms with van der Waals surface area (Å²) in [4.78, 5) is 10.9. The van der Waals surface area contributed by atoms with Gasteiger partial charge in [-0.1, -0.05) is 41.9 Å². The average molecular weight is 339 g/mol. The molecule has 0 aliphatic heterocycles. The number of aliphatic carboxylic acids is 1. The number of hydrogen-bond donors (Lipinski definition) is 0. The van der Waals surface area contributed by atoms with Gasteiger partial charge in [0.05, 0.1) is 17.4 Å². The smallest absolute Gasteiger partial charge is 0.243 e. The van der Waals surface area contributed by atoms with Crippen molar-refractivity contribution >= 4 is 27.6 Å². The molecule has 0 unspecified atom stereocenters. The Hall–Kier alpha value is -1.89. The van der Waals surface area contributed by atoms with Gasteiger partial charge in [-0.2, -0.15) is 4.31 Å². The van der Waals surface area contributed by atoms with Crippen LogP contribution in [0.25, 0.3) is 0 Å². The lowest BCUT2D eigenvalue weighted by Crippen LogP contribution is -2.41. The van der Waals surface area contributed by atoms with Crippen LogP contribution >= 0.6 is 11.6 Å². The quantitative estimate of drug-likeness (QED) is 0.795. The monoisotopic (exact) mass is 338 g/mol. The third kappa shape index (κ3) is 4.07. The predicted molar refractivity (Wildman–Crippen MR) is 80.5 cm³/mol. The maximum atomic E-state index is 12.6. The second kappa shape index (κ2) is 6.91. The number of hydrogen-bond acceptors (Lipinski definition) is 4.